The normalized spacial score (nSPS) is 43.6. The Bertz CT molecular complexity index is 1620. The Morgan fingerprint density at radius 2 is 1.49 bits per heavy atom. The lowest BCUT2D eigenvalue weighted by Crippen LogP contribution is -2.65. The Hall–Kier alpha value is -2.33. The summed E-state index contributed by atoms with van der Waals surface area (Å²) in [4.78, 5) is 41.5. The van der Waals surface area contributed by atoms with Crippen LogP contribution in [0.1, 0.15) is 87.5 Å². The van der Waals surface area contributed by atoms with Gasteiger partial charge in [0, 0.05) is 44.8 Å². The summed E-state index contributed by atoms with van der Waals surface area (Å²) in [7, 11) is 3.52. The molecule has 0 aromatic heterocycles. The Morgan fingerprint density at radius 3 is 2.04 bits per heavy atom. The number of cyclic esters (lactones) is 1. The second-order valence-corrected chi connectivity index (χ2v) is 19.0. The van der Waals surface area contributed by atoms with Crippen molar-refractivity contribution < 1.29 is 97.6 Å². The largest absolute Gasteiger partial charge is 0.907 e. The van der Waals surface area contributed by atoms with Gasteiger partial charge in [0.05, 0.1) is 55.2 Å². The van der Waals surface area contributed by atoms with Crippen LogP contribution in [0.25, 0.3) is 0 Å². The highest BCUT2D eigenvalue weighted by atomic mass is 16.7. The first-order valence-electron chi connectivity index (χ1n) is 23.4. The SMILES string of the molecule is CC[C@H]1OC(=O)C[C@@H](O)[C@H](C)[C@@H](O[C@H]2O[C@H](C)[C@@H](O[C@H]3C[C@@](C)(O)[C@@H](O)[C@H](C)O3)[C@H](N(C)C)[C@H]2O)[C@@H](CC=O)C[C@@H](C)C(=O)/C=C/C(C)=C/C1CO[C@@H]1O[C@H](C)[C@@H](O)[C@@H](OC)[C@H]1OC.[O-]B([O-])[O-]. The number of hydrogen-bond acceptors (Lipinski definition) is 21. The first-order valence-corrected chi connectivity index (χ1v) is 23.4. The number of esters is 1. The van der Waals surface area contributed by atoms with Crippen molar-refractivity contribution in [3.8, 4) is 0 Å². The molecule has 0 radical (unpaired) electrons. The molecular formula is C46H77BNO20-3. The minimum absolute atomic E-state index is 0.00788. The fourth-order valence-electron chi connectivity index (χ4n) is 9.51. The zero-order valence-electron chi connectivity index (χ0n) is 41.5. The van der Waals surface area contributed by atoms with Gasteiger partial charge in [-0.3, -0.25) is 16.9 Å². The van der Waals surface area contributed by atoms with Crippen LogP contribution >= 0.6 is 0 Å². The van der Waals surface area contributed by atoms with E-state index in [2.05, 4.69) is 0 Å². The van der Waals surface area contributed by atoms with E-state index in [0.29, 0.717) is 12.0 Å². The van der Waals surface area contributed by atoms with E-state index in [1.54, 1.807) is 59.7 Å². The summed E-state index contributed by atoms with van der Waals surface area (Å²) < 4.78 is 54.7. The van der Waals surface area contributed by atoms with Gasteiger partial charge in [-0.25, -0.2) is 0 Å². The number of hydrogen-bond donors (Lipinski definition) is 5. The zero-order chi connectivity index (χ0) is 51.4. The van der Waals surface area contributed by atoms with Gasteiger partial charge in [-0.2, -0.15) is 0 Å². The van der Waals surface area contributed by atoms with Gasteiger partial charge in [0.15, 0.2) is 24.7 Å². The minimum atomic E-state index is -2.92. The third-order valence-corrected chi connectivity index (χ3v) is 13.4. The standard InChI is InChI=1S/C46H77NO17.BO3/c1-13-33-30(22-58-45-42(57-12)41(56-11)37(52)26(5)60-45)18-23(2)14-15-31(49)24(3)19-29(16-17-48)39(25(4)32(50)20-34(51)62-33)64-44-38(53)36(47(9)10)40(27(6)61-44)63-35-21-46(8,55)43(54)28(7)59-35;2-1(3)4/h14-15,17-18,24-30,32-33,35-45,50,52-55H,13,16,19-22H2,1-12H3;/q;-3/b15-14+,23-18+;/t24-,25+,26-,27-,28+,29+,30?,32-,33-,35+,36-,37-,38-,39-,40-,41-,42-,43+,44-,45-,46-;/m1./s1. The summed E-state index contributed by atoms with van der Waals surface area (Å²) in [5.41, 5.74) is -0.806. The van der Waals surface area contributed by atoms with Gasteiger partial charge >= 0.3 is 5.97 Å². The Labute approximate surface area is 400 Å². The highest BCUT2D eigenvalue weighted by Gasteiger charge is 2.52. The Morgan fingerprint density at radius 1 is 0.868 bits per heavy atom. The van der Waals surface area contributed by atoms with Crippen molar-refractivity contribution in [3.05, 3.63) is 23.8 Å². The van der Waals surface area contributed by atoms with E-state index in [-0.39, 0.29) is 31.7 Å². The average Bonchev–Trinajstić information content (AvgIpc) is 3.25. The lowest BCUT2D eigenvalue weighted by molar-refractivity contribution is -0.479. The quantitative estimate of drug-likeness (QED) is 0.0749. The van der Waals surface area contributed by atoms with E-state index in [4.69, 9.17) is 57.7 Å². The molecule has 0 saturated carbocycles. The molecule has 22 heteroatoms. The van der Waals surface area contributed by atoms with Crippen LogP contribution in [0.5, 0.6) is 0 Å². The van der Waals surface area contributed by atoms with Crippen molar-refractivity contribution >= 4 is 25.4 Å². The number of ether oxygens (including phenoxy) is 9. The van der Waals surface area contributed by atoms with E-state index in [1.807, 2.05) is 19.9 Å². The molecule has 0 spiro atoms. The molecule has 392 valence electrons. The molecule has 68 heavy (non-hydrogen) atoms. The van der Waals surface area contributed by atoms with Crippen LogP contribution in [0.4, 0.5) is 0 Å². The number of aliphatic hydroxyl groups excluding tert-OH is 4. The number of nitrogens with zero attached hydrogens (tertiary/aromatic N) is 1. The number of aliphatic hydroxyl groups is 5. The summed E-state index contributed by atoms with van der Waals surface area (Å²) >= 11 is 0. The van der Waals surface area contributed by atoms with Crippen molar-refractivity contribution in [2.24, 2.45) is 23.7 Å². The third-order valence-electron chi connectivity index (χ3n) is 13.4. The molecule has 0 aliphatic carbocycles. The molecule has 4 aliphatic rings. The van der Waals surface area contributed by atoms with E-state index in [9.17, 15) is 39.9 Å². The van der Waals surface area contributed by atoms with E-state index in [1.165, 1.54) is 27.2 Å². The van der Waals surface area contributed by atoms with Crippen LogP contribution in [-0.4, -0.2) is 194 Å². The summed E-state index contributed by atoms with van der Waals surface area (Å²) in [5, 5.41) is 81.0. The predicted octanol–water partition coefficient (Wildman–Crippen LogP) is -2.11. The van der Waals surface area contributed by atoms with Gasteiger partial charge in [0.2, 0.25) is 0 Å². The number of aldehydes is 1. The topological polar surface area (TPSA) is 308 Å². The number of carbonyl (C=O) groups is 3. The van der Waals surface area contributed by atoms with Gasteiger partial charge in [0.1, 0.15) is 49.0 Å². The number of methoxy groups -OCH3 is 2. The fourth-order valence-corrected chi connectivity index (χ4v) is 9.51. The summed E-state index contributed by atoms with van der Waals surface area (Å²) in [6.45, 7) is 13.6. The smallest absolute Gasteiger partial charge is 0.308 e. The maximum absolute atomic E-state index is 13.8. The lowest BCUT2D eigenvalue weighted by Gasteiger charge is -2.50. The molecule has 21 nitrogen and oxygen atoms in total. The van der Waals surface area contributed by atoms with Gasteiger partial charge in [0.25, 0.3) is 0 Å². The molecule has 21 atom stereocenters. The van der Waals surface area contributed by atoms with Crippen molar-refractivity contribution in [1.29, 1.82) is 0 Å². The number of carbonyl (C=O) groups excluding carboxylic acids is 3. The zero-order valence-corrected chi connectivity index (χ0v) is 41.5. The number of rotatable bonds is 13. The molecule has 0 amide bonds. The number of ketones is 1. The summed E-state index contributed by atoms with van der Waals surface area (Å²) in [6.07, 6.45) is -8.49. The van der Waals surface area contributed by atoms with Crippen molar-refractivity contribution in [2.75, 3.05) is 34.9 Å². The number of allylic oxidation sites excluding steroid dienone is 3. The molecule has 3 saturated heterocycles. The van der Waals surface area contributed by atoms with Crippen molar-refractivity contribution in [3.63, 3.8) is 0 Å². The molecule has 0 aromatic carbocycles. The van der Waals surface area contributed by atoms with E-state index >= 15 is 0 Å². The fraction of sp³-hybridized carbons (Fsp3) is 0.848. The first-order chi connectivity index (χ1) is 31.8. The highest BCUT2D eigenvalue weighted by Crippen LogP contribution is 2.37. The summed E-state index contributed by atoms with van der Waals surface area (Å²) in [5.74, 6) is -3.59. The molecule has 4 heterocycles. The van der Waals surface area contributed by atoms with Crippen molar-refractivity contribution in [1.82, 2.24) is 4.90 Å². The monoisotopic (exact) mass is 975 g/mol. The maximum Gasteiger partial charge on any atom is 0.308 e. The van der Waals surface area contributed by atoms with Crippen LogP contribution in [-0.2, 0) is 57.0 Å². The Balaban J connectivity index is 0.00000294. The van der Waals surface area contributed by atoms with Gasteiger partial charge in [-0.05, 0) is 73.5 Å². The average molecular weight is 975 g/mol. The van der Waals surface area contributed by atoms with Crippen LogP contribution in [0.3, 0.4) is 0 Å². The number of likely N-dealkylation sites (N-methyl/N-ethyl adjacent to an activating group) is 1. The Kier molecular flexibility index (Phi) is 24.2. The van der Waals surface area contributed by atoms with Gasteiger partial charge < -0.3 is 92.9 Å². The van der Waals surface area contributed by atoms with Crippen LogP contribution in [0.15, 0.2) is 23.8 Å². The van der Waals surface area contributed by atoms with Crippen LogP contribution < -0.4 is 15.1 Å². The molecule has 5 N–H and O–H groups in total. The second kappa shape index (κ2) is 27.5. The highest BCUT2D eigenvalue weighted by molar-refractivity contribution is 6.24. The lowest BCUT2D eigenvalue weighted by atomic mass is 9.79. The van der Waals surface area contributed by atoms with Crippen LogP contribution in [0.2, 0.25) is 0 Å². The molecule has 0 aromatic rings. The van der Waals surface area contributed by atoms with Crippen LogP contribution in [0, 0.1) is 23.7 Å². The maximum atomic E-state index is 13.8. The molecule has 4 aliphatic heterocycles. The molecular weight excluding hydrogens is 897 g/mol. The third kappa shape index (κ3) is 16.4. The second-order valence-electron chi connectivity index (χ2n) is 19.0. The molecule has 4 rings (SSSR count). The van der Waals surface area contributed by atoms with E-state index < -0.39 is 147 Å². The summed E-state index contributed by atoms with van der Waals surface area (Å²) in [6, 6.07) is -0.748. The minimum Gasteiger partial charge on any atom is -0.907 e. The van der Waals surface area contributed by atoms with Crippen molar-refractivity contribution in [2.45, 2.75) is 191 Å². The molecule has 0 bridgehead atoms. The predicted molar refractivity (Wildman–Crippen MR) is 236 cm³/mol. The molecule has 1 unspecified atom stereocenters. The first kappa shape index (κ1) is 60.0. The van der Waals surface area contributed by atoms with Gasteiger partial charge in [-0.15, -0.1) is 0 Å². The van der Waals surface area contributed by atoms with E-state index in [0.717, 1.165) is 6.29 Å². The van der Waals surface area contributed by atoms with Gasteiger partial charge in [-0.1, -0.05) is 38.5 Å². The molecule has 3 fully saturated rings.